The number of aliphatic hydroxyl groups is 1. The summed E-state index contributed by atoms with van der Waals surface area (Å²) in [5, 5.41) is 11.1. The molecule has 2 atom stereocenters. The number of carbonyl (C=O) groups excluding carboxylic acids is 1. The summed E-state index contributed by atoms with van der Waals surface area (Å²) >= 11 is 0. The first-order chi connectivity index (χ1) is 9.86. The molecule has 0 bridgehead atoms. The number of piperidine rings is 1. The highest BCUT2D eigenvalue weighted by molar-refractivity contribution is 5.68. The molecule has 1 heterocycles. The van der Waals surface area contributed by atoms with E-state index in [2.05, 4.69) is 13.8 Å². The van der Waals surface area contributed by atoms with Crippen LogP contribution in [0.25, 0.3) is 0 Å². The van der Waals surface area contributed by atoms with Gasteiger partial charge in [0.15, 0.2) is 0 Å². The van der Waals surface area contributed by atoms with E-state index in [-0.39, 0.29) is 11.5 Å². The molecule has 1 amide bonds. The maximum Gasteiger partial charge on any atom is 0.410 e. The van der Waals surface area contributed by atoms with Crippen molar-refractivity contribution < 1.29 is 14.6 Å². The number of nitrogens with two attached hydrogens (primary N) is 1. The van der Waals surface area contributed by atoms with Crippen LogP contribution in [0.4, 0.5) is 4.79 Å². The third-order valence-corrected chi connectivity index (χ3v) is 5.09. The molecule has 3 N–H and O–H groups in total. The lowest BCUT2D eigenvalue weighted by atomic mass is 9.72. The average Bonchev–Trinajstić information content (AvgIpc) is 2.63. The van der Waals surface area contributed by atoms with Gasteiger partial charge in [0, 0.05) is 13.1 Å². The second kappa shape index (κ2) is 5.38. The van der Waals surface area contributed by atoms with Crippen LogP contribution in [0.3, 0.4) is 0 Å². The van der Waals surface area contributed by atoms with Gasteiger partial charge in [0.05, 0.1) is 11.1 Å². The zero-order chi connectivity index (χ0) is 16.8. The van der Waals surface area contributed by atoms with Crippen molar-refractivity contribution in [2.45, 2.75) is 83.5 Å². The van der Waals surface area contributed by atoms with E-state index >= 15 is 0 Å². The lowest BCUT2D eigenvalue weighted by Gasteiger charge is -2.49. The summed E-state index contributed by atoms with van der Waals surface area (Å²) in [4.78, 5) is 14.0. The van der Waals surface area contributed by atoms with Crippen molar-refractivity contribution in [3.05, 3.63) is 0 Å². The maximum absolute atomic E-state index is 12.3. The summed E-state index contributed by atoms with van der Waals surface area (Å²) in [6.07, 6.45) is 3.59. The Morgan fingerprint density at radius 2 is 1.86 bits per heavy atom. The zero-order valence-electron chi connectivity index (χ0n) is 14.7. The van der Waals surface area contributed by atoms with Gasteiger partial charge in [-0.3, -0.25) is 0 Å². The molecule has 22 heavy (non-hydrogen) atoms. The third-order valence-electron chi connectivity index (χ3n) is 5.09. The minimum Gasteiger partial charge on any atom is -0.444 e. The first-order valence-corrected chi connectivity index (χ1v) is 8.35. The highest BCUT2D eigenvalue weighted by Crippen LogP contribution is 2.49. The summed E-state index contributed by atoms with van der Waals surface area (Å²) in [5.41, 5.74) is 4.57. The topological polar surface area (TPSA) is 75.8 Å². The van der Waals surface area contributed by atoms with Crippen LogP contribution >= 0.6 is 0 Å². The highest BCUT2D eigenvalue weighted by Gasteiger charge is 2.55. The van der Waals surface area contributed by atoms with Crippen LogP contribution in [0.2, 0.25) is 0 Å². The van der Waals surface area contributed by atoms with Gasteiger partial charge in [0.1, 0.15) is 5.60 Å². The zero-order valence-corrected chi connectivity index (χ0v) is 14.7. The number of amides is 1. The summed E-state index contributed by atoms with van der Waals surface area (Å²) in [6, 6.07) is 0. The van der Waals surface area contributed by atoms with Gasteiger partial charge in [0.25, 0.3) is 0 Å². The summed E-state index contributed by atoms with van der Waals surface area (Å²) < 4.78 is 5.46. The molecular formula is C17H32N2O3. The molecule has 2 rings (SSSR count). The van der Waals surface area contributed by atoms with Gasteiger partial charge < -0.3 is 20.5 Å². The summed E-state index contributed by atoms with van der Waals surface area (Å²) in [6.45, 7) is 10.9. The Labute approximate surface area is 134 Å². The van der Waals surface area contributed by atoms with Gasteiger partial charge in [-0.25, -0.2) is 4.79 Å². The van der Waals surface area contributed by atoms with E-state index in [9.17, 15) is 9.90 Å². The second-order valence-electron chi connectivity index (χ2n) is 9.03. The molecule has 0 aromatic heterocycles. The minimum atomic E-state index is -0.892. The van der Waals surface area contributed by atoms with Crippen molar-refractivity contribution in [1.82, 2.24) is 4.90 Å². The smallest absolute Gasteiger partial charge is 0.410 e. The molecule has 128 valence electrons. The molecule has 1 saturated heterocycles. The maximum atomic E-state index is 12.3. The summed E-state index contributed by atoms with van der Waals surface area (Å²) in [5.74, 6) is 0. The second-order valence-corrected chi connectivity index (χ2v) is 9.03. The normalized spacial score (nSPS) is 35.5. The Bertz CT molecular complexity index is 444. The van der Waals surface area contributed by atoms with E-state index in [1.807, 2.05) is 20.8 Å². The molecule has 1 aliphatic carbocycles. The lowest BCUT2D eigenvalue weighted by Crippen LogP contribution is -2.68. The van der Waals surface area contributed by atoms with Crippen molar-refractivity contribution in [3.8, 4) is 0 Å². The van der Waals surface area contributed by atoms with Crippen LogP contribution in [0.15, 0.2) is 0 Å². The first kappa shape index (κ1) is 17.5. The van der Waals surface area contributed by atoms with E-state index in [4.69, 9.17) is 10.5 Å². The van der Waals surface area contributed by atoms with Gasteiger partial charge in [-0.2, -0.15) is 0 Å². The molecule has 5 heteroatoms. The van der Waals surface area contributed by atoms with Crippen molar-refractivity contribution >= 4 is 6.09 Å². The average molecular weight is 312 g/mol. The molecule has 2 unspecified atom stereocenters. The number of hydrogen-bond donors (Lipinski definition) is 2. The Morgan fingerprint density at radius 3 is 2.36 bits per heavy atom. The Hall–Kier alpha value is -0.810. The predicted molar refractivity (Wildman–Crippen MR) is 86.5 cm³/mol. The first-order valence-electron chi connectivity index (χ1n) is 8.35. The van der Waals surface area contributed by atoms with Crippen molar-refractivity contribution in [2.75, 3.05) is 13.1 Å². The van der Waals surface area contributed by atoms with Crippen molar-refractivity contribution in [2.24, 2.45) is 11.1 Å². The number of carbonyl (C=O) groups is 1. The van der Waals surface area contributed by atoms with Crippen LogP contribution in [0, 0.1) is 5.41 Å². The Balaban J connectivity index is 2.11. The molecule has 5 nitrogen and oxygen atoms in total. The fourth-order valence-corrected chi connectivity index (χ4v) is 3.88. The SMILES string of the molecule is CC1(C)CCC(O)(C2(N)CCCN(C(=O)OC(C)(C)C)C2)C1. The number of ether oxygens (including phenoxy) is 1. The third kappa shape index (κ3) is 3.57. The Morgan fingerprint density at radius 1 is 1.23 bits per heavy atom. The van der Waals surface area contributed by atoms with E-state index in [1.165, 1.54) is 0 Å². The largest absolute Gasteiger partial charge is 0.444 e. The van der Waals surface area contributed by atoms with Crippen LogP contribution in [0.1, 0.15) is 66.7 Å². The van der Waals surface area contributed by atoms with E-state index < -0.39 is 16.7 Å². The fraction of sp³-hybridized carbons (Fsp3) is 0.941. The molecule has 0 aromatic carbocycles. The van der Waals surface area contributed by atoms with Crippen molar-refractivity contribution in [3.63, 3.8) is 0 Å². The Kier molecular flexibility index (Phi) is 4.29. The van der Waals surface area contributed by atoms with Crippen LogP contribution in [-0.2, 0) is 4.74 Å². The predicted octanol–water partition coefficient (Wildman–Crippen LogP) is 2.66. The van der Waals surface area contributed by atoms with Gasteiger partial charge in [-0.15, -0.1) is 0 Å². The monoisotopic (exact) mass is 312 g/mol. The quantitative estimate of drug-likeness (QED) is 0.780. The summed E-state index contributed by atoms with van der Waals surface area (Å²) in [7, 11) is 0. The van der Waals surface area contributed by atoms with Crippen molar-refractivity contribution in [1.29, 1.82) is 0 Å². The number of rotatable bonds is 1. The highest BCUT2D eigenvalue weighted by atomic mass is 16.6. The molecular weight excluding hydrogens is 280 g/mol. The number of hydrogen-bond acceptors (Lipinski definition) is 4. The van der Waals surface area contributed by atoms with Gasteiger partial charge in [-0.1, -0.05) is 13.8 Å². The van der Waals surface area contributed by atoms with Gasteiger partial charge in [0.2, 0.25) is 0 Å². The van der Waals surface area contributed by atoms with E-state index in [0.29, 0.717) is 25.9 Å². The van der Waals surface area contributed by atoms with E-state index in [0.717, 1.165) is 19.3 Å². The molecule has 0 aromatic rings. The molecule has 1 aliphatic heterocycles. The van der Waals surface area contributed by atoms with Crippen LogP contribution in [0.5, 0.6) is 0 Å². The molecule has 0 radical (unpaired) electrons. The van der Waals surface area contributed by atoms with Gasteiger partial charge in [-0.05, 0) is 58.3 Å². The van der Waals surface area contributed by atoms with Crippen LogP contribution in [-0.4, -0.2) is 45.9 Å². The van der Waals surface area contributed by atoms with Gasteiger partial charge >= 0.3 is 6.09 Å². The van der Waals surface area contributed by atoms with E-state index in [1.54, 1.807) is 4.90 Å². The fourth-order valence-electron chi connectivity index (χ4n) is 3.88. The lowest BCUT2D eigenvalue weighted by molar-refractivity contribution is -0.0688. The molecule has 2 fully saturated rings. The number of likely N-dealkylation sites (tertiary alicyclic amines) is 1. The minimum absolute atomic E-state index is 0.106. The standard InChI is InChI=1S/C17H32N2O3/c1-14(2,3)22-13(20)19-10-6-7-16(18,12-19)17(21)9-8-15(4,5)11-17/h21H,6-12,18H2,1-5H3. The molecule has 0 spiro atoms. The molecule has 1 saturated carbocycles. The van der Waals surface area contributed by atoms with Crippen LogP contribution < -0.4 is 5.73 Å². The number of nitrogens with zero attached hydrogens (tertiary/aromatic N) is 1. The molecule has 2 aliphatic rings.